The predicted octanol–water partition coefficient (Wildman–Crippen LogP) is 7.06. The van der Waals surface area contributed by atoms with E-state index in [0.29, 0.717) is 12.8 Å². The van der Waals surface area contributed by atoms with E-state index in [4.69, 9.17) is 4.55 Å². The van der Waals surface area contributed by atoms with Crippen molar-refractivity contribution in [3.8, 4) is 0 Å². The van der Waals surface area contributed by atoms with Crippen LogP contribution in [0.25, 0.3) is 0 Å². The van der Waals surface area contributed by atoms with E-state index in [1.807, 2.05) is 0 Å². The Kier molecular flexibility index (Phi) is 18.8. The highest BCUT2D eigenvalue weighted by molar-refractivity contribution is 7.86. The summed E-state index contributed by atoms with van der Waals surface area (Å²) in [6, 6.07) is 0. The second-order valence-electron chi connectivity index (χ2n) is 8.53. The first-order chi connectivity index (χ1) is 13.4. The summed E-state index contributed by atoms with van der Waals surface area (Å²) in [5.41, 5.74) is 0. The van der Waals surface area contributed by atoms with Crippen molar-refractivity contribution in [3.63, 3.8) is 0 Å². The van der Waals surface area contributed by atoms with Crippen molar-refractivity contribution < 1.29 is 18.1 Å². The van der Waals surface area contributed by atoms with Gasteiger partial charge in [0.2, 0.25) is 0 Å². The van der Waals surface area contributed by atoms with Crippen LogP contribution in [-0.4, -0.2) is 29.4 Å². The van der Waals surface area contributed by atoms with Gasteiger partial charge in [-0.1, -0.05) is 117 Å². The standard InChI is InChI=1S/C23H48O4S/c1-3-5-6-7-8-9-10-11-12-13-14-15-16-17-18-19-20-22(24)21-23(4-2)28(25,26)27/h22-24H,3-21H2,1-2H3,(H,25,26,27). The first kappa shape index (κ1) is 27.9. The van der Waals surface area contributed by atoms with Gasteiger partial charge in [-0.2, -0.15) is 8.42 Å². The zero-order chi connectivity index (χ0) is 21.1. The van der Waals surface area contributed by atoms with Gasteiger partial charge in [-0.3, -0.25) is 4.55 Å². The van der Waals surface area contributed by atoms with Gasteiger partial charge in [-0.15, -0.1) is 0 Å². The molecule has 0 spiro atoms. The fourth-order valence-electron chi connectivity index (χ4n) is 3.85. The lowest BCUT2D eigenvalue weighted by atomic mass is 10.0. The Morgan fingerprint density at radius 1 is 0.643 bits per heavy atom. The van der Waals surface area contributed by atoms with Gasteiger partial charge in [-0.25, -0.2) is 0 Å². The molecule has 0 aliphatic heterocycles. The molecule has 0 saturated carbocycles. The van der Waals surface area contributed by atoms with Crippen LogP contribution in [0.4, 0.5) is 0 Å². The molecule has 0 aliphatic rings. The van der Waals surface area contributed by atoms with Gasteiger partial charge in [-0.05, 0) is 19.3 Å². The van der Waals surface area contributed by atoms with E-state index in [-0.39, 0.29) is 6.42 Å². The Morgan fingerprint density at radius 2 is 1.00 bits per heavy atom. The monoisotopic (exact) mass is 420 g/mol. The first-order valence-corrected chi connectivity index (χ1v) is 13.6. The molecule has 0 rings (SSSR count). The van der Waals surface area contributed by atoms with E-state index < -0.39 is 21.5 Å². The molecule has 0 saturated heterocycles. The maximum atomic E-state index is 11.2. The third kappa shape index (κ3) is 17.9. The SMILES string of the molecule is CCCCCCCCCCCCCCCCCCC(O)CC(CC)S(=O)(=O)O. The summed E-state index contributed by atoms with van der Waals surface area (Å²) in [6.45, 7) is 3.99. The molecule has 5 heteroatoms. The molecule has 28 heavy (non-hydrogen) atoms. The molecule has 0 bridgehead atoms. The minimum absolute atomic E-state index is 0.147. The van der Waals surface area contributed by atoms with Crippen LogP contribution in [0, 0.1) is 0 Å². The van der Waals surface area contributed by atoms with Crippen LogP contribution in [0.5, 0.6) is 0 Å². The molecule has 0 radical (unpaired) electrons. The molecule has 2 unspecified atom stereocenters. The predicted molar refractivity (Wildman–Crippen MR) is 120 cm³/mol. The van der Waals surface area contributed by atoms with E-state index in [0.717, 1.165) is 12.8 Å². The minimum atomic E-state index is -4.03. The average molecular weight is 421 g/mol. The van der Waals surface area contributed by atoms with Crippen molar-refractivity contribution in [1.29, 1.82) is 0 Å². The largest absolute Gasteiger partial charge is 0.393 e. The Bertz CT molecular complexity index is 422. The van der Waals surface area contributed by atoms with Gasteiger partial charge < -0.3 is 5.11 Å². The lowest BCUT2D eigenvalue weighted by Crippen LogP contribution is -2.25. The quantitative estimate of drug-likeness (QED) is 0.154. The smallest absolute Gasteiger partial charge is 0.267 e. The van der Waals surface area contributed by atoms with Crippen molar-refractivity contribution in [1.82, 2.24) is 0 Å². The molecule has 2 N–H and O–H groups in total. The fraction of sp³-hybridized carbons (Fsp3) is 1.00. The lowest BCUT2D eigenvalue weighted by molar-refractivity contribution is 0.147. The molecule has 0 aromatic carbocycles. The van der Waals surface area contributed by atoms with Crippen LogP contribution in [0.15, 0.2) is 0 Å². The lowest BCUT2D eigenvalue weighted by Gasteiger charge is -2.16. The third-order valence-corrected chi connectivity index (χ3v) is 7.17. The molecule has 0 amide bonds. The van der Waals surface area contributed by atoms with Gasteiger partial charge in [0.1, 0.15) is 0 Å². The summed E-state index contributed by atoms with van der Waals surface area (Å²) in [4.78, 5) is 0. The van der Waals surface area contributed by atoms with Crippen molar-refractivity contribution in [2.45, 2.75) is 147 Å². The molecule has 170 valence electrons. The van der Waals surface area contributed by atoms with Crippen LogP contribution in [0.2, 0.25) is 0 Å². The number of hydrogen-bond acceptors (Lipinski definition) is 3. The van der Waals surface area contributed by atoms with Gasteiger partial charge in [0.05, 0.1) is 11.4 Å². The van der Waals surface area contributed by atoms with Gasteiger partial charge in [0.15, 0.2) is 0 Å². The molecule has 2 atom stereocenters. The van der Waals surface area contributed by atoms with E-state index in [1.165, 1.54) is 89.9 Å². The molecule has 0 aliphatic carbocycles. The van der Waals surface area contributed by atoms with Crippen molar-refractivity contribution in [2.24, 2.45) is 0 Å². The molecular weight excluding hydrogens is 372 g/mol. The van der Waals surface area contributed by atoms with Crippen molar-refractivity contribution >= 4 is 10.1 Å². The second-order valence-corrected chi connectivity index (χ2v) is 10.2. The maximum absolute atomic E-state index is 11.2. The highest BCUT2D eigenvalue weighted by atomic mass is 32.2. The normalized spacial score (nSPS) is 14.3. The molecule has 0 fully saturated rings. The number of aliphatic hydroxyl groups excluding tert-OH is 1. The summed E-state index contributed by atoms with van der Waals surface area (Å²) in [5.74, 6) is 0. The zero-order valence-corrected chi connectivity index (χ0v) is 19.5. The zero-order valence-electron chi connectivity index (χ0n) is 18.7. The van der Waals surface area contributed by atoms with E-state index in [9.17, 15) is 13.5 Å². The molecule has 4 nitrogen and oxygen atoms in total. The Labute approximate surface area is 175 Å². The summed E-state index contributed by atoms with van der Waals surface area (Å²) >= 11 is 0. The Morgan fingerprint density at radius 3 is 1.32 bits per heavy atom. The summed E-state index contributed by atoms with van der Waals surface area (Å²) < 4.78 is 31.4. The number of hydrogen-bond donors (Lipinski definition) is 2. The van der Waals surface area contributed by atoms with Gasteiger partial charge in [0, 0.05) is 0 Å². The minimum Gasteiger partial charge on any atom is -0.393 e. The topological polar surface area (TPSA) is 74.6 Å². The molecule has 0 aromatic rings. The second kappa shape index (κ2) is 18.9. The summed E-state index contributed by atoms with van der Waals surface area (Å²) in [5, 5.41) is 9.12. The van der Waals surface area contributed by atoms with E-state index in [2.05, 4.69) is 6.92 Å². The highest BCUT2D eigenvalue weighted by Gasteiger charge is 2.23. The number of rotatable bonds is 21. The Hall–Kier alpha value is -0.130. The van der Waals surface area contributed by atoms with Gasteiger partial charge in [0.25, 0.3) is 10.1 Å². The van der Waals surface area contributed by atoms with E-state index in [1.54, 1.807) is 6.92 Å². The third-order valence-electron chi connectivity index (χ3n) is 5.80. The van der Waals surface area contributed by atoms with Crippen LogP contribution in [0.3, 0.4) is 0 Å². The fourth-order valence-corrected chi connectivity index (χ4v) is 4.73. The maximum Gasteiger partial charge on any atom is 0.267 e. The van der Waals surface area contributed by atoms with Crippen LogP contribution in [0.1, 0.15) is 136 Å². The molecule has 0 aromatic heterocycles. The average Bonchev–Trinajstić information content (AvgIpc) is 2.64. The van der Waals surface area contributed by atoms with E-state index >= 15 is 0 Å². The summed E-state index contributed by atoms with van der Waals surface area (Å²) in [7, 11) is -4.03. The van der Waals surface area contributed by atoms with Gasteiger partial charge >= 0.3 is 0 Å². The first-order valence-electron chi connectivity index (χ1n) is 12.1. The molecular formula is C23H48O4S. The van der Waals surface area contributed by atoms with Crippen molar-refractivity contribution in [3.05, 3.63) is 0 Å². The Balaban J connectivity index is 3.33. The van der Waals surface area contributed by atoms with Crippen LogP contribution < -0.4 is 0 Å². The van der Waals surface area contributed by atoms with Crippen molar-refractivity contribution in [2.75, 3.05) is 0 Å². The molecule has 0 heterocycles. The van der Waals surface area contributed by atoms with Crippen LogP contribution >= 0.6 is 0 Å². The highest BCUT2D eigenvalue weighted by Crippen LogP contribution is 2.17. The number of unbranched alkanes of at least 4 members (excludes halogenated alkanes) is 15. The number of aliphatic hydroxyl groups is 1. The van der Waals surface area contributed by atoms with Crippen LogP contribution in [-0.2, 0) is 10.1 Å². The summed E-state index contributed by atoms with van der Waals surface area (Å²) in [6.07, 6.45) is 21.6.